The molecule has 6 aromatic carbocycles. The molecule has 2 heteroatoms. The first-order valence-corrected chi connectivity index (χ1v) is 14.2. The summed E-state index contributed by atoms with van der Waals surface area (Å²) >= 11 is 0. The van der Waals surface area contributed by atoms with Gasteiger partial charge in [-0.15, -0.1) is 0 Å². The van der Waals surface area contributed by atoms with E-state index in [2.05, 4.69) is 118 Å². The summed E-state index contributed by atoms with van der Waals surface area (Å²) in [6, 6.07) is 41.4. The molecule has 9 aromatic rings. The summed E-state index contributed by atoms with van der Waals surface area (Å²) in [5.41, 5.74) is 19.1. The van der Waals surface area contributed by atoms with Crippen LogP contribution in [0.3, 0.4) is 0 Å². The fraction of sp³-hybridized carbons (Fsp3) is 0.0526. The molecule has 0 saturated carbocycles. The van der Waals surface area contributed by atoms with Crippen molar-refractivity contribution in [2.24, 2.45) is 0 Å². The predicted molar refractivity (Wildman–Crippen MR) is 166 cm³/mol. The first kappa shape index (κ1) is 19.9. The molecule has 0 bridgehead atoms. The highest BCUT2D eigenvalue weighted by molar-refractivity contribution is 6.22. The van der Waals surface area contributed by atoms with Gasteiger partial charge in [-0.3, -0.25) is 0 Å². The molecule has 0 unspecified atom stereocenters. The van der Waals surface area contributed by atoms with E-state index in [1.165, 1.54) is 99.2 Å². The summed E-state index contributed by atoms with van der Waals surface area (Å²) in [4.78, 5) is 0. The van der Waals surface area contributed by atoms with E-state index < -0.39 is 0 Å². The lowest BCUT2D eigenvalue weighted by Gasteiger charge is -2.11. The van der Waals surface area contributed by atoms with Crippen molar-refractivity contribution >= 4 is 54.6 Å². The van der Waals surface area contributed by atoms with Gasteiger partial charge in [-0.25, -0.2) is 0 Å². The highest BCUT2D eigenvalue weighted by atomic mass is 15.0. The Hall–Kier alpha value is -5.08. The lowest BCUT2D eigenvalue weighted by molar-refractivity contribution is 1.24. The predicted octanol–water partition coefficient (Wildman–Crippen LogP) is 9.38. The lowest BCUT2D eigenvalue weighted by atomic mass is 10.0. The van der Waals surface area contributed by atoms with Crippen molar-refractivity contribution < 1.29 is 0 Å². The Balaban J connectivity index is 1.35. The normalized spacial score (nSPS) is 13.8. The molecule has 0 atom stereocenters. The second-order valence-corrected chi connectivity index (χ2v) is 11.7. The SMILES string of the molecule is c1ccc2c(c1)Cc1cc3c(cc1-2)c1cccc2c1n3c1cccc3c4cc5c(cc4n2c31)-c1ccccc1C5. The van der Waals surface area contributed by atoms with Crippen LogP contribution >= 0.6 is 0 Å². The third-order valence-electron chi connectivity index (χ3n) is 9.84. The van der Waals surface area contributed by atoms with Gasteiger partial charge >= 0.3 is 0 Å². The molecule has 3 aromatic heterocycles. The zero-order valence-corrected chi connectivity index (χ0v) is 21.7. The van der Waals surface area contributed by atoms with Crippen LogP contribution in [0.5, 0.6) is 0 Å². The van der Waals surface area contributed by atoms with Crippen LogP contribution in [-0.4, -0.2) is 8.80 Å². The molecule has 0 amide bonds. The molecule has 0 aliphatic heterocycles. The maximum atomic E-state index is 2.55. The number of hydrogen-bond donors (Lipinski definition) is 0. The van der Waals surface area contributed by atoms with Gasteiger partial charge in [0, 0.05) is 21.5 Å². The lowest BCUT2D eigenvalue weighted by Crippen LogP contribution is -1.97. The standard InChI is InChI=1S/C38H22N2/c1-3-9-25-22(8-1)16-24-18-35-32(19-29(24)25)28-12-6-14-34-38(28)39(35)33-13-5-11-27-31-17-23-15-21-7-2-4-10-26(21)30(23)20-36(31)40(34)37(27)33/h1-14,17-20H,15-16H2. The quantitative estimate of drug-likeness (QED) is 0.181. The van der Waals surface area contributed by atoms with Crippen LogP contribution < -0.4 is 0 Å². The van der Waals surface area contributed by atoms with E-state index in [9.17, 15) is 0 Å². The Morgan fingerprint density at radius 2 is 0.875 bits per heavy atom. The fourth-order valence-corrected chi connectivity index (χ4v) is 8.21. The van der Waals surface area contributed by atoms with Crippen LogP contribution in [-0.2, 0) is 12.8 Å². The van der Waals surface area contributed by atoms with E-state index >= 15 is 0 Å². The van der Waals surface area contributed by atoms with E-state index in [1.54, 1.807) is 0 Å². The first-order chi connectivity index (χ1) is 19.8. The number of benzene rings is 6. The van der Waals surface area contributed by atoms with Crippen LogP contribution in [0.25, 0.3) is 76.9 Å². The Labute approximate surface area is 229 Å². The number of para-hydroxylation sites is 2. The maximum Gasteiger partial charge on any atom is 0.0783 e. The number of rotatable bonds is 0. The van der Waals surface area contributed by atoms with Crippen LogP contribution in [0, 0.1) is 0 Å². The number of aromatic nitrogens is 2. The number of hydrogen-bond acceptors (Lipinski definition) is 0. The molecule has 11 rings (SSSR count). The molecule has 0 radical (unpaired) electrons. The molecule has 2 aliphatic rings. The van der Waals surface area contributed by atoms with Crippen LogP contribution in [0.1, 0.15) is 22.3 Å². The van der Waals surface area contributed by atoms with E-state index in [0.29, 0.717) is 0 Å². The van der Waals surface area contributed by atoms with Crippen molar-refractivity contribution in [2.45, 2.75) is 12.8 Å². The number of nitrogens with zero attached hydrogens (tertiary/aromatic N) is 2. The molecule has 0 spiro atoms. The first-order valence-electron chi connectivity index (χ1n) is 14.2. The van der Waals surface area contributed by atoms with Crippen molar-refractivity contribution in [2.75, 3.05) is 0 Å². The molecular weight excluding hydrogens is 484 g/mol. The average Bonchev–Trinajstić information content (AvgIpc) is 3.72. The molecule has 0 fully saturated rings. The van der Waals surface area contributed by atoms with Crippen molar-refractivity contribution in [1.29, 1.82) is 0 Å². The van der Waals surface area contributed by atoms with Gasteiger partial charge in [0.15, 0.2) is 0 Å². The van der Waals surface area contributed by atoms with E-state index in [-0.39, 0.29) is 0 Å². The summed E-state index contributed by atoms with van der Waals surface area (Å²) in [7, 11) is 0. The minimum absolute atomic E-state index is 1.01. The van der Waals surface area contributed by atoms with Gasteiger partial charge in [0.25, 0.3) is 0 Å². The molecule has 184 valence electrons. The second-order valence-electron chi connectivity index (χ2n) is 11.7. The van der Waals surface area contributed by atoms with Gasteiger partial charge in [0.1, 0.15) is 0 Å². The molecular formula is C38H22N2. The summed E-state index contributed by atoms with van der Waals surface area (Å²) < 4.78 is 5.10. The van der Waals surface area contributed by atoms with E-state index in [4.69, 9.17) is 0 Å². The molecule has 3 heterocycles. The monoisotopic (exact) mass is 506 g/mol. The highest BCUT2D eigenvalue weighted by Crippen LogP contribution is 2.46. The molecule has 0 saturated heterocycles. The minimum atomic E-state index is 1.01. The third-order valence-corrected chi connectivity index (χ3v) is 9.84. The van der Waals surface area contributed by atoms with Gasteiger partial charge in [0.2, 0.25) is 0 Å². The highest BCUT2D eigenvalue weighted by Gasteiger charge is 2.26. The molecule has 2 aliphatic carbocycles. The van der Waals surface area contributed by atoms with E-state index in [1.807, 2.05) is 0 Å². The van der Waals surface area contributed by atoms with Crippen LogP contribution in [0.15, 0.2) is 109 Å². The molecule has 2 nitrogen and oxygen atoms in total. The minimum Gasteiger partial charge on any atom is -0.305 e. The Kier molecular flexibility index (Phi) is 3.26. The average molecular weight is 507 g/mol. The third kappa shape index (κ3) is 2.15. The van der Waals surface area contributed by atoms with Gasteiger partial charge in [-0.05, 0) is 93.7 Å². The van der Waals surface area contributed by atoms with Gasteiger partial charge in [-0.1, -0.05) is 72.8 Å². The van der Waals surface area contributed by atoms with Crippen molar-refractivity contribution in [1.82, 2.24) is 8.80 Å². The maximum absolute atomic E-state index is 2.55. The zero-order chi connectivity index (χ0) is 25.7. The molecule has 0 N–H and O–H groups in total. The smallest absolute Gasteiger partial charge is 0.0783 e. The molecule has 40 heavy (non-hydrogen) atoms. The zero-order valence-electron chi connectivity index (χ0n) is 21.7. The largest absolute Gasteiger partial charge is 0.305 e. The Morgan fingerprint density at radius 1 is 0.350 bits per heavy atom. The van der Waals surface area contributed by atoms with Crippen molar-refractivity contribution in [3.63, 3.8) is 0 Å². The summed E-state index contributed by atoms with van der Waals surface area (Å²) in [6.45, 7) is 0. The summed E-state index contributed by atoms with van der Waals surface area (Å²) in [6.07, 6.45) is 2.02. The Morgan fingerprint density at radius 3 is 1.52 bits per heavy atom. The summed E-state index contributed by atoms with van der Waals surface area (Å²) in [5.74, 6) is 0. The van der Waals surface area contributed by atoms with Crippen LogP contribution in [0.4, 0.5) is 0 Å². The topological polar surface area (TPSA) is 8.82 Å². The van der Waals surface area contributed by atoms with Gasteiger partial charge in [0.05, 0.1) is 33.1 Å². The second kappa shape index (κ2) is 6.55. The van der Waals surface area contributed by atoms with Crippen molar-refractivity contribution in [3.8, 4) is 22.3 Å². The van der Waals surface area contributed by atoms with Crippen molar-refractivity contribution in [3.05, 3.63) is 131 Å². The van der Waals surface area contributed by atoms with Gasteiger partial charge in [-0.2, -0.15) is 0 Å². The van der Waals surface area contributed by atoms with Crippen LogP contribution in [0.2, 0.25) is 0 Å². The number of fused-ring (bicyclic) bond motifs is 14. The summed E-state index contributed by atoms with van der Waals surface area (Å²) in [5, 5.41) is 5.36. The van der Waals surface area contributed by atoms with E-state index in [0.717, 1.165) is 12.8 Å². The fourth-order valence-electron chi connectivity index (χ4n) is 8.21. The van der Waals surface area contributed by atoms with Gasteiger partial charge < -0.3 is 8.80 Å². The Bertz CT molecular complexity index is 2590.